The van der Waals surface area contributed by atoms with Gasteiger partial charge in [0, 0.05) is 13.8 Å². The Hall–Kier alpha value is -1.77. The summed E-state index contributed by atoms with van der Waals surface area (Å²) >= 11 is 1.03. The van der Waals surface area contributed by atoms with Gasteiger partial charge in [-0.3, -0.25) is 19.2 Å². The fourth-order valence-corrected chi connectivity index (χ4v) is 3.86. The molecule has 9 heteroatoms. The molecule has 0 radical (unpaired) electrons. The van der Waals surface area contributed by atoms with Gasteiger partial charge in [0.15, 0.2) is 4.75 Å². The molecule has 2 saturated heterocycles. The second-order valence-corrected chi connectivity index (χ2v) is 6.16. The molecule has 20 heavy (non-hydrogen) atoms. The summed E-state index contributed by atoms with van der Waals surface area (Å²) in [4.78, 5) is 46.8. The van der Waals surface area contributed by atoms with E-state index in [0.717, 1.165) is 11.8 Å². The Morgan fingerprint density at radius 1 is 1.50 bits per heavy atom. The molecule has 2 unspecified atom stereocenters. The largest absolute Gasteiger partial charge is 0.480 e. The van der Waals surface area contributed by atoms with Crippen LogP contribution >= 0.6 is 11.8 Å². The minimum atomic E-state index is -1.58. The van der Waals surface area contributed by atoms with Crippen LogP contribution in [0.3, 0.4) is 0 Å². The molecule has 2 aliphatic rings. The van der Waals surface area contributed by atoms with Crippen LogP contribution in [0, 0.1) is 0 Å². The summed E-state index contributed by atoms with van der Waals surface area (Å²) < 4.78 is 3.26. The Kier molecular flexibility index (Phi) is 3.63. The van der Waals surface area contributed by atoms with Gasteiger partial charge in [-0.05, 0) is 0 Å². The van der Waals surface area contributed by atoms with Gasteiger partial charge in [0.2, 0.25) is 11.8 Å². The summed E-state index contributed by atoms with van der Waals surface area (Å²) in [6.07, 6.45) is -0.802. The standard InChI is InChI=1S/C11H14N2O6S/c1-5(14)12-9-11(10(17)18,4-19-6(2)15)20-8-3-7(16)13(8)9/h8-9H,3-4H2,1-2H3,(H,12,14)(H,17,18)/t8-,9?,11?/m1/s1. The van der Waals surface area contributed by atoms with Crippen molar-refractivity contribution in [3.8, 4) is 0 Å². The minimum absolute atomic E-state index is 0.218. The van der Waals surface area contributed by atoms with Crippen LogP contribution in [-0.2, 0) is 23.9 Å². The molecule has 0 aliphatic carbocycles. The molecule has 0 aromatic heterocycles. The van der Waals surface area contributed by atoms with Crippen LogP contribution in [0.15, 0.2) is 0 Å². The molecule has 0 aromatic carbocycles. The first-order chi connectivity index (χ1) is 9.28. The van der Waals surface area contributed by atoms with Crippen LogP contribution in [0.1, 0.15) is 20.3 Å². The van der Waals surface area contributed by atoms with E-state index in [0.29, 0.717) is 0 Å². The summed E-state index contributed by atoms with van der Waals surface area (Å²) in [6, 6.07) is 0. The zero-order chi connectivity index (χ0) is 15.1. The Bertz CT molecular complexity index is 495. The Balaban J connectivity index is 2.31. The maximum Gasteiger partial charge on any atom is 0.327 e. The molecule has 0 spiro atoms. The Morgan fingerprint density at radius 3 is 2.60 bits per heavy atom. The van der Waals surface area contributed by atoms with Crippen molar-refractivity contribution in [3.63, 3.8) is 0 Å². The van der Waals surface area contributed by atoms with Crippen molar-refractivity contribution < 1.29 is 29.0 Å². The maximum absolute atomic E-state index is 11.7. The van der Waals surface area contributed by atoms with Gasteiger partial charge in [-0.2, -0.15) is 0 Å². The van der Waals surface area contributed by atoms with Crippen molar-refractivity contribution in [2.45, 2.75) is 36.6 Å². The number of aliphatic carboxylic acids is 1. The number of nitrogens with one attached hydrogen (secondary N) is 1. The van der Waals surface area contributed by atoms with E-state index in [9.17, 15) is 24.3 Å². The van der Waals surface area contributed by atoms with Gasteiger partial charge in [0.1, 0.15) is 12.8 Å². The predicted octanol–water partition coefficient (Wildman–Crippen LogP) is -0.860. The second-order valence-electron chi connectivity index (χ2n) is 4.66. The number of carboxylic acids is 1. The summed E-state index contributed by atoms with van der Waals surface area (Å²) in [7, 11) is 0. The summed E-state index contributed by atoms with van der Waals surface area (Å²) in [5.74, 6) is -2.53. The lowest BCUT2D eigenvalue weighted by molar-refractivity contribution is -0.154. The van der Waals surface area contributed by atoms with Crippen molar-refractivity contribution in [2.75, 3.05) is 6.61 Å². The third-order valence-electron chi connectivity index (χ3n) is 3.21. The van der Waals surface area contributed by atoms with E-state index < -0.39 is 35.4 Å². The fraction of sp³-hybridized carbons (Fsp3) is 0.636. The smallest absolute Gasteiger partial charge is 0.327 e. The van der Waals surface area contributed by atoms with E-state index in [1.165, 1.54) is 18.7 Å². The maximum atomic E-state index is 11.7. The van der Waals surface area contributed by atoms with Gasteiger partial charge in [-0.1, -0.05) is 0 Å². The highest BCUT2D eigenvalue weighted by molar-refractivity contribution is 8.02. The molecule has 0 saturated carbocycles. The third kappa shape index (κ3) is 2.21. The number of esters is 1. The highest BCUT2D eigenvalue weighted by Crippen LogP contribution is 2.50. The molecule has 2 heterocycles. The van der Waals surface area contributed by atoms with Crippen molar-refractivity contribution >= 4 is 35.5 Å². The number of hydrogen-bond acceptors (Lipinski definition) is 6. The molecule has 8 nitrogen and oxygen atoms in total. The molecular weight excluding hydrogens is 288 g/mol. The number of carbonyl (C=O) groups excluding carboxylic acids is 3. The molecule has 2 rings (SSSR count). The fourth-order valence-electron chi connectivity index (χ4n) is 2.27. The van der Waals surface area contributed by atoms with E-state index in [1.807, 2.05) is 0 Å². The molecule has 0 bridgehead atoms. The number of rotatable bonds is 4. The van der Waals surface area contributed by atoms with Crippen LogP contribution in [0.25, 0.3) is 0 Å². The number of carbonyl (C=O) groups is 4. The average Bonchev–Trinajstić information content (AvgIpc) is 2.55. The molecule has 0 aromatic rings. The Morgan fingerprint density at radius 2 is 2.15 bits per heavy atom. The number of thioether (sulfide) groups is 1. The number of fused-ring (bicyclic) bond motifs is 1. The van der Waals surface area contributed by atoms with Crippen LogP contribution in [-0.4, -0.2) is 56.7 Å². The van der Waals surface area contributed by atoms with Crippen molar-refractivity contribution in [1.82, 2.24) is 10.2 Å². The number of amides is 2. The highest BCUT2D eigenvalue weighted by Gasteiger charge is 2.64. The molecule has 2 N–H and O–H groups in total. The van der Waals surface area contributed by atoms with E-state index in [-0.39, 0.29) is 17.7 Å². The van der Waals surface area contributed by atoms with Crippen molar-refractivity contribution in [3.05, 3.63) is 0 Å². The topological polar surface area (TPSA) is 113 Å². The summed E-state index contributed by atoms with van der Waals surface area (Å²) in [5, 5.41) is 11.7. The minimum Gasteiger partial charge on any atom is -0.480 e. The number of ether oxygens (including phenoxy) is 1. The first-order valence-electron chi connectivity index (χ1n) is 5.91. The van der Waals surface area contributed by atoms with E-state index >= 15 is 0 Å². The molecule has 2 amide bonds. The van der Waals surface area contributed by atoms with E-state index in [4.69, 9.17) is 4.74 Å². The van der Waals surface area contributed by atoms with Gasteiger partial charge >= 0.3 is 11.9 Å². The Labute approximate surface area is 118 Å². The predicted molar refractivity (Wildman–Crippen MR) is 67.4 cm³/mol. The lowest BCUT2D eigenvalue weighted by atomic mass is 10.0. The molecule has 110 valence electrons. The van der Waals surface area contributed by atoms with Gasteiger partial charge < -0.3 is 20.1 Å². The van der Waals surface area contributed by atoms with Gasteiger partial charge in [-0.25, -0.2) is 0 Å². The zero-order valence-corrected chi connectivity index (χ0v) is 11.7. The lowest BCUT2D eigenvalue weighted by Gasteiger charge is -2.38. The number of hydrogen-bond donors (Lipinski definition) is 2. The quantitative estimate of drug-likeness (QED) is 0.513. The SMILES string of the molecule is CC(=O)NC1N2C(=O)C[C@H]2SC1(COC(C)=O)C(=O)O. The van der Waals surface area contributed by atoms with Crippen molar-refractivity contribution in [1.29, 1.82) is 0 Å². The first kappa shape index (κ1) is 14.6. The number of β-lactam (4-membered cyclic amide) rings is 1. The lowest BCUT2D eigenvalue weighted by Crippen LogP contribution is -2.64. The monoisotopic (exact) mass is 302 g/mol. The summed E-state index contributed by atoms with van der Waals surface area (Å²) in [6.45, 7) is 2.00. The molecular formula is C11H14N2O6S. The van der Waals surface area contributed by atoms with Gasteiger partial charge in [0.05, 0.1) is 11.8 Å². The van der Waals surface area contributed by atoms with Gasteiger partial charge in [-0.15, -0.1) is 11.8 Å². The molecule has 2 fully saturated rings. The molecule has 2 aliphatic heterocycles. The van der Waals surface area contributed by atoms with E-state index in [2.05, 4.69) is 5.32 Å². The first-order valence-corrected chi connectivity index (χ1v) is 6.79. The highest BCUT2D eigenvalue weighted by atomic mass is 32.2. The van der Waals surface area contributed by atoms with Crippen LogP contribution < -0.4 is 5.32 Å². The van der Waals surface area contributed by atoms with Crippen LogP contribution in [0.4, 0.5) is 0 Å². The third-order valence-corrected chi connectivity index (χ3v) is 4.81. The van der Waals surface area contributed by atoms with Crippen molar-refractivity contribution in [2.24, 2.45) is 0 Å². The van der Waals surface area contributed by atoms with Crippen LogP contribution in [0.5, 0.6) is 0 Å². The zero-order valence-electron chi connectivity index (χ0n) is 10.9. The normalized spacial score (nSPS) is 31.3. The van der Waals surface area contributed by atoms with E-state index in [1.54, 1.807) is 0 Å². The average molecular weight is 302 g/mol. The number of nitrogens with zero attached hydrogens (tertiary/aromatic N) is 1. The van der Waals surface area contributed by atoms with Gasteiger partial charge in [0.25, 0.3) is 0 Å². The summed E-state index contributed by atoms with van der Waals surface area (Å²) in [5.41, 5.74) is 0. The molecule has 3 atom stereocenters. The second kappa shape index (κ2) is 4.97. The number of carboxylic acid groups (broad SMARTS) is 1. The van der Waals surface area contributed by atoms with Crippen LogP contribution in [0.2, 0.25) is 0 Å².